The highest BCUT2D eigenvalue weighted by atomic mass is 127. The van der Waals surface area contributed by atoms with E-state index in [9.17, 15) is 0 Å². The first-order chi connectivity index (χ1) is 7.20. The minimum absolute atomic E-state index is 0.717. The highest BCUT2D eigenvalue weighted by Crippen LogP contribution is 2.22. The fourth-order valence-electron chi connectivity index (χ4n) is 1.14. The molecule has 0 saturated heterocycles. The molecular formula is C9H6Br2IN3. The molecule has 0 spiro atoms. The summed E-state index contributed by atoms with van der Waals surface area (Å²) < 4.78 is 3.96. The summed E-state index contributed by atoms with van der Waals surface area (Å²) in [6.45, 7) is 0. The van der Waals surface area contributed by atoms with Crippen molar-refractivity contribution in [1.29, 1.82) is 0 Å². The smallest absolute Gasteiger partial charge is 0.0937 e. The van der Waals surface area contributed by atoms with Gasteiger partial charge in [0.15, 0.2) is 0 Å². The van der Waals surface area contributed by atoms with Crippen LogP contribution in [0.3, 0.4) is 0 Å². The number of halogens is 3. The molecule has 0 saturated carbocycles. The first kappa shape index (κ1) is 11.5. The Morgan fingerprint density at radius 2 is 2.20 bits per heavy atom. The Bertz CT molecular complexity index is 484. The number of hydrogen-bond donors (Lipinski definition) is 0. The topological polar surface area (TPSA) is 30.7 Å². The van der Waals surface area contributed by atoms with E-state index in [1.54, 1.807) is 4.68 Å². The van der Waals surface area contributed by atoms with Crippen LogP contribution in [0.5, 0.6) is 0 Å². The minimum Gasteiger partial charge on any atom is -0.219 e. The average molecular weight is 443 g/mol. The number of rotatable bonds is 2. The highest BCUT2D eigenvalue weighted by Gasteiger charge is 2.05. The van der Waals surface area contributed by atoms with Crippen LogP contribution in [0.1, 0.15) is 5.69 Å². The van der Waals surface area contributed by atoms with E-state index in [1.165, 1.54) is 3.57 Å². The molecule has 1 heterocycles. The van der Waals surface area contributed by atoms with Gasteiger partial charge in [0.2, 0.25) is 0 Å². The van der Waals surface area contributed by atoms with Crippen LogP contribution in [-0.2, 0) is 5.33 Å². The summed E-state index contributed by atoms with van der Waals surface area (Å²) in [6, 6.07) is 6.10. The Balaban J connectivity index is 2.44. The Morgan fingerprint density at radius 1 is 1.40 bits per heavy atom. The van der Waals surface area contributed by atoms with Crippen LogP contribution in [0.25, 0.3) is 5.69 Å². The lowest BCUT2D eigenvalue weighted by Gasteiger charge is -2.03. The molecule has 2 aromatic rings. The largest absolute Gasteiger partial charge is 0.219 e. The third-order valence-electron chi connectivity index (χ3n) is 1.83. The molecule has 0 amide bonds. The normalized spacial score (nSPS) is 10.6. The SMILES string of the molecule is BrCc1cn(-c2ccc(I)cc2Br)nn1. The van der Waals surface area contributed by atoms with Crippen molar-refractivity contribution in [3.8, 4) is 5.69 Å². The molecule has 78 valence electrons. The Hall–Kier alpha value is 0.0500. The van der Waals surface area contributed by atoms with Gasteiger partial charge in [-0.05, 0) is 56.7 Å². The molecule has 0 radical (unpaired) electrons. The molecule has 0 aliphatic rings. The van der Waals surface area contributed by atoms with Gasteiger partial charge >= 0.3 is 0 Å². The number of aromatic nitrogens is 3. The molecule has 2 rings (SSSR count). The second-order valence-electron chi connectivity index (χ2n) is 2.88. The molecule has 15 heavy (non-hydrogen) atoms. The lowest BCUT2D eigenvalue weighted by molar-refractivity contribution is 0.797. The minimum atomic E-state index is 0.717. The molecule has 0 N–H and O–H groups in total. The maximum Gasteiger partial charge on any atom is 0.0937 e. The van der Waals surface area contributed by atoms with Crippen molar-refractivity contribution < 1.29 is 0 Å². The van der Waals surface area contributed by atoms with Gasteiger partial charge in [-0.25, -0.2) is 4.68 Å². The van der Waals surface area contributed by atoms with Crippen molar-refractivity contribution in [2.24, 2.45) is 0 Å². The molecule has 1 aromatic heterocycles. The maximum atomic E-state index is 4.05. The monoisotopic (exact) mass is 441 g/mol. The molecule has 0 aliphatic heterocycles. The lowest BCUT2D eigenvalue weighted by atomic mass is 10.3. The van der Waals surface area contributed by atoms with Crippen molar-refractivity contribution >= 4 is 54.5 Å². The summed E-state index contributed by atoms with van der Waals surface area (Å²) in [5.74, 6) is 0. The van der Waals surface area contributed by atoms with E-state index in [0.717, 1.165) is 21.2 Å². The molecule has 0 fully saturated rings. The zero-order valence-corrected chi connectivity index (χ0v) is 12.8. The summed E-state index contributed by atoms with van der Waals surface area (Å²) in [4.78, 5) is 0. The van der Waals surface area contributed by atoms with Crippen LogP contribution in [0, 0.1) is 3.57 Å². The van der Waals surface area contributed by atoms with Gasteiger partial charge in [-0.15, -0.1) is 5.10 Å². The van der Waals surface area contributed by atoms with Crippen LogP contribution in [0.4, 0.5) is 0 Å². The van der Waals surface area contributed by atoms with Crippen LogP contribution in [-0.4, -0.2) is 15.0 Å². The van der Waals surface area contributed by atoms with E-state index in [0.29, 0.717) is 0 Å². The summed E-state index contributed by atoms with van der Waals surface area (Å²) in [6.07, 6.45) is 1.90. The third kappa shape index (κ3) is 2.59. The fourth-order valence-corrected chi connectivity index (χ4v) is 2.88. The molecule has 0 atom stereocenters. The zero-order valence-electron chi connectivity index (χ0n) is 7.49. The number of benzene rings is 1. The van der Waals surface area contributed by atoms with E-state index in [4.69, 9.17) is 0 Å². The second-order valence-corrected chi connectivity index (χ2v) is 5.54. The Morgan fingerprint density at radius 3 is 2.80 bits per heavy atom. The third-order valence-corrected chi connectivity index (χ3v) is 3.71. The highest BCUT2D eigenvalue weighted by molar-refractivity contribution is 14.1. The average Bonchev–Trinajstić information content (AvgIpc) is 2.66. The van der Waals surface area contributed by atoms with Gasteiger partial charge in [-0.1, -0.05) is 21.1 Å². The molecular weight excluding hydrogens is 437 g/mol. The van der Waals surface area contributed by atoms with Crippen molar-refractivity contribution in [3.05, 3.63) is 38.1 Å². The summed E-state index contributed by atoms with van der Waals surface area (Å²) >= 11 is 9.13. The first-order valence-electron chi connectivity index (χ1n) is 4.13. The molecule has 6 heteroatoms. The van der Waals surface area contributed by atoms with Crippen LogP contribution in [0.2, 0.25) is 0 Å². The van der Waals surface area contributed by atoms with Gasteiger partial charge < -0.3 is 0 Å². The van der Waals surface area contributed by atoms with E-state index in [1.807, 2.05) is 24.4 Å². The maximum absolute atomic E-state index is 4.05. The van der Waals surface area contributed by atoms with E-state index in [-0.39, 0.29) is 0 Å². The van der Waals surface area contributed by atoms with E-state index < -0.39 is 0 Å². The predicted octanol–water partition coefficient (Wildman–Crippen LogP) is 3.53. The summed E-state index contributed by atoms with van der Waals surface area (Å²) in [7, 11) is 0. The van der Waals surface area contributed by atoms with Crippen molar-refractivity contribution in [3.63, 3.8) is 0 Å². The molecule has 0 bridgehead atoms. The fraction of sp³-hybridized carbons (Fsp3) is 0.111. The summed E-state index contributed by atoms with van der Waals surface area (Å²) in [5, 5.41) is 8.79. The van der Waals surface area contributed by atoms with Gasteiger partial charge in [-0.2, -0.15) is 0 Å². The number of nitrogens with zero attached hydrogens (tertiary/aromatic N) is 3. The zero-order chi connectivity index (χ0) is 10.8. The van der Waals surface area contributed by atoms with E-state index >= 15 is 0 Å². The number of alkyl halides is 1. The number of hydrogen-bond acceptors (Lipinski definition) is 2. The lowest BCUT2D eigenvalue weighted by Crippen LogP contribution is -1.96. The van der Waals surface area contributed by atoms with Gasteiger partial charge in [0.05, 0.1) is 17.6 Å². The second kappa shape index (κ2) is 4.92. The first-order valence-corrected chi connectivity index (χ1v) is 7.12. The van der Waals surface area contributed by atoms with Gasteiger partial charge in [0, 0.05) is 13.4 Å². The van der Waals surface area contributed by atoms with Gasteiger partial charge in [0.1, 0.15) is 0 Å². The summed E-state index contributed by atoms with van der Waals surface area (Å²) in [5.41, 5.74) is 1.91. The van der Waals surface area contributed by atoms with Crippen LogP contribution >= 0.6 is 54.5 Å². The molecule has 0 aliphatic carbocycles. The molecule has 0 unspecified atom stereocenters. The molecule has 3 nitrogen and oxygen atoms in total. The quantitative estimate of drug-likeness (QED) is 0.526. The van der Waals surface area contributed by atoms with Crippen molar-refractivity contribution in [2.45, 2.75) is 5.33 Å². The Kier molecular flexibility index (Phi) is 3.78. The standard InChI is InChI=1S/C9H6Br2IN3/c10-4-7-5-15(14-13-7)9-2-1-6(12)3-8(9)11/h1-3,5H,4H2. The Labute approximate surface area is 118 Å². The van der Waals surface area contributed by atoms with Crippen LogP contribution < -0.4 is 0 Å². The van der Waals surface area contributed by atoms with Gasteiger partial charge in [0.25, 0.3) is 0 Å². The molecule has 1 aromatic carbocycles. The van der Waals surface area contributed by atoms with E-state index in [2.05, 4.69) is 64.8 Å². The van der Waals surface area contributed by atoms with Crippen molar-refractivity contribution in [2.75, 3.05) is 0 Å². The predicted molar refractivity (Wildman–Crippen MR) is 74.4 cm³/mol. The van der Waals surface area contributed by atoms with Crippen LogP contribution in [0.15, 0.2) is 28.9 Å². The van der Waals surface area contributed by atoms with Crippen molar-refractivity contribution in [1.82, 2.24) is 15.0 Å². The van der Waals surface area contributed by atoms with Gasteiger partial charge in [-0.3, -0.25) is 0 Å².